The maximum atomic E-state index is 14.0. The molecular weight excluding hydrogens is 429 g/mol. The zero-order valence-corrected chi connectivity index (χ0v) is 16.7. The molecule has 0 heterocycles. The number of halogens is 2. The van der Waals surface area contributed by atoms with Crippen molar-refractivity contribution in [2.45, 2.75) is 11.8 Å². The highest BCUT2D eigenvalue weighted by molar-refractivity contribution is 9.10. The lowest BCUT2D eigenvalue weighted by Gasteiger charge is -2.24. The van der Waals surface area contributed by atoms with E-state index in [2.05, 4.69) is 20.7 Å². The molecule has 140 valence electrons. The highest BCUT2D eigenvalue weighted by atomic mass is 79.9. The summed E-state index contributed by atoms with van der Waals surface area (Å²) < 4.78 is 51.1. The van der Waals surface area contributed by atoms with Gasteiger partial charge in [0.05, 0.1) is 24.8 Å². The topological polar surface area (TPSA) is 72.9 Å². The van der Waals surface area contributed by atoms with Crippen LogP contribution in [0.2, 0.25) is 0 Å². The van der Waals surface area contributed by atoms with E-state index < -0.39 is 28.4 Å². The molecule has 26 heavy (non-hydrogen) atoms. The van der Waals surface area contributed by atoms with Gasteiger partial charge in [-0.15, -0.1) is 0 Å². The van der Waals surface area contributed by atoms with Crippen LogP contribution in [0.1, 0.15) is 5.56 Å². The summed E-state index contributed by atoms with van der Waals surface area (Å²) in [6.07, 6.45) is 0. The fourth-order valence-electron chi connectivity index (χ4n) is 2.22. The van der Waals surface area contributed by atoms with Gasteiger partial charge in [0.2, 0.25) is 0 Å². The third-order valence-electron chi connectivity index (χ3n) is 3.64. The van der Waals surface area contributed by atoms with Gasteiger partial charge in [0.15, 0.2) is 11.6 Å². The maximum Gasteiger partial charge on any atom is 0.326 e. The Kier molecular flexibility index (Phi) is 6.25. The lowest BCUT2D eigenvalue weighted by molar-refractivity contribution is -0.138. The molecule has 0 saturated carbocycles. The lowest BCUT2D eigenvalue weighted by atomic mass is 10.2. The summed E-state index contributed by atoms with van der Waals surface area (Å²) in [5.74, 6) is -1.65. The van der Waals surface area contributed by atoms with E-state index in [1.807, 2.05) is 0 Å². The second kappa shape index (κ2) is 8.05. The molecule has 0 saturated heterocycles. The number of sulfonamides is 1. The van der Waals surface area contributed by atoms with Crippen molar-refractivity contribution in [1.29, 1.82) is 0 Å². The lowest BCUT2D eigenvalue weighted by Crippen LogP contribution is -2.36. The monoisotopic (exact) mass is 445 g/mol. The average molecular weight is 446 g/mol. The van der Waals surface area contributed by atoms with Crippen LogP contribution < -0.4 is 9.04 Å². The number of aryl methyl sites for hydroxylation is 1. The molecule has 0 N–H and O–H groups in total. The number of benzene rings is 2. The Hall–Kier alpha value is -2.13. The number of esters is 1. The van der Waals surface area contributed by atoms with Crippen LogP contribution in [0, 0.1) is 12.7 Å². The standard InChI is InChI=1S/C17H17BrFNO5S/c1-11-8-12(4-6-14(11)18)20(10-17(21)25-3)26(22,23)13-5-7-16(24-2)15(19)9-13/h4-9H,10H2,1-3H3. The molecule has 6 nitrogen and oxygen atoms in total. The quantitative estimate of drug-likeness (QED) is 0.637. The highest BCUT2D eigenvalue weighted by Gasteiger charge is 2.28. The smallest absolute Gasteiger partial charge is 0.326 e. The Morgan fingerprint density at radius 1 is 1.19 bits per heavy atom. The maximum absolute atomic E-state index is 14.0. The minimum atomic E-state index is -4.21. The number of carbonyl (C=O) groups is 1. The Morgan fingerprint density at radius 2 is 1.88 bits per heavy atom. The summed E-state index contributed by atoms with van der Waals surface area (Å²) in [6.45, 7) is 1.23. The first-order valence-electron chi connectivity index (χ1n) is 7.40. The molecule has 0 spiro atoms. The molecular formula is C17H17BrFNO5S. The number of ether oxygens (including phenoxy) is 2. The van der Waals surface area contributed by atoms with E-state index in [0.29, 0.717) is 0 Å². The summed E-state index contributed by atoms with van der Waals surface area (Å²) >= 11 is 3.34. The molecule has 2 rings (SSSR count). The van der Waals surface area contributed by atoms with Crippen molar-refractivity contribution in [2.75, 3.05) is 25.1 Å². The van der Waals surface area contributed by atoms with Crippen LogP contribution in [0.15, 0.2) is 45.8 Å². The number of nitrogens with zero attached hydrogens (tertiary/aromatic N) is 1. The van der Waals surface area contributed by atoms with Crippen LogP contribution >= 0.6 is 15.9 Å². The van der Waals surface area contributed by atoms with E-state index >= 15 is 0 Å². The zero-order chi connectivity index (χ0) is 19.5. The fourth-order valence-corrected chi connectivity index (χ4v) is 3.88. The molecule has 0 aliphatic rings. The Balaban J connectivity index is 2.57. The molecule has 0 atom stereocenters. The van der Waals surface area contributed by atoms with Crippen molar-refractivity contribution in [2.24, 2.45) is 0 Å². The van der Waals surface area contributed by atoms with Gasteiger partial charge in [-0.3, -0.25) is 9.10 Å². The Labute approximate surface area is 159 Å². The summed E-state index contributed by atoms with van der Waals surface area (Å²) in [5, 5.41) is 0. The average Bonchev–Trinajstić information content (AvgIpc) is 2.61. The van der Waals surface area contributed by atoms with Crippen molar-refractivity contribution in [3.63, 3.8) is 0 Å². The predicted molar refractivity (Wildman–Crippen MR) is 98.4 cm³/mol. The molecule has 0 unspecified atom stereocenters. The van der Waals surface area contributed by atoms with E-state index in [4.69, 9.17) is 4.74 Å². The third kappa shape index (κ3) is 4.16. The van der Waals surface area contributed by atoms with Crippen LogP contribution in [0.3, 0.4) is 0 Å². The number of methoxy groups -OCH3 is 2. The molecule has 2 aromatic carbocycles. The molecule has 0 fully saturated rings. The predicted octanol–water partition coefficient (Wildman–Crippen LogP) is 3.27. The van der Waals surface area contributed by atoms with Gasteiger partial charge in [-0.25, -0.2) is 12.8 Å². The second-order valence-corrected chi connectivity index (χ2v) is 8.03. The Bertz CT molecular complexity index is 933. The first-order valence-corrected chi connectivity index (χ1v) is 9.63. The highest BCUT2D eigenvalue weighted by Crippen LogP contribution is 2.29. The van der Waals surface area contributed by atoms with Gasteiger partial charge in [0.1, 0.15) is 6.54 Å². The first kappa shape index (κ1) is 20.2. The second-order valence-electron chi connectivity index (χ2n) is 5.32. The number of carbonyl (C=O) groups excluding carboxylic acids is 1. The van der Waals surface area contributed by atoms with Crippen LogP contribution in [0.4, 0.5) is 10.1 Å². The van der Waals surface area contributed by atoms with Crippen molar-refractivity contribution in [3.05, 3.63) is 52.3 Å². The van der Waals surface area contributed by atoms with Gasteiger partial charge < -0.3 is 9.47 Å². The number of anilines is 1. The largest absolute Gasteiger partial charge is 0.494 e. The molecule has 2 aromatic rings. The molecule has 9 heteroatoms. The number of hydrogen-bond acceptors (Lipinski definition) is 5. The van der Waals surface area contributed by atoms with Gasteiger partial charge >= 0.3 is 5.97 Å². The van der Waals surface area contributed by atoms with Crippen molar-refractivity contribution in [3.8, 4) is 5.75 Å². The summed E-state index contributed by atoms with van der Waals surface area (Å²) in [4.78, 5) is 11.5. The summed E-state index contributed by atoms with van der Waals surface area (Å²) in [5.41, 5.74) is 1.03. The van der Waals surface area contributed by atoms with Gasteiger partial charge in [0, 0.05) is 4.47 Å². The molecule has 0 bridgehead atoms. The Morgan fingerprint density at radius 3 is 2.42 bits per heavy atom. The van der Waals surface area contributed by atoms with Gasteiger partial charge in [-0.2, -0.15) is 0 Å². The van der Waals surface area contributed by atoms with E-state index in [-0.39, 0.29) is 16.3 Å². The van der Waals surface area contributed by atoms with E-state index in [0.717, 1.165) is 27.5 Å². The van der Waals surface area contributed by atoms with Crippen molar-refractivity contribution >= 4 is 37.6 Å². The summed E-state index contributed by atoms with van der Waals surface area (Å²) in [6, 6.07) is 8.09. The van der Waals surface area contributed by atoms with Crippen LogP contribution in [-0.2, 0) is 19.6 Å². The third-order valence-corrected chi connectivity index (χ3v) is 6.30. The molecule has 0 radical (unpaired) electrons. The molecule has 0 amide bonds. The van der Waals surface area contributed by atoms with E-state index in [9.17, 15) is 17.6 Å². The number of rotatable bonds is 6. The minimum Gasteiger partial charge on any atom is -0.494 e. The molecule has 0 aromatic heterocycles. The normalized spacial score (nSPS) is 11.1. The van der Waals surface area contributed by atoms with Crippen LogP contribution in [-0.4, -0.2) is 35.2 Å². The van der Waals surface area contributed by atoms with Crippen LogP contribution in [0.25, 0.3) is 0 Å². The first-order chi connectivity index (χ1) is 12.2. The van der Waals surface area contributed by atoms with Gasteiger partial charge in [0.25, 0.3) is 10.0 Å². The van der Waals surface area contributed by atoms with E-state index in [1.54, 1.807) is 19.1 Å². The minimum absolute atomic E-state index is 0.0806. The van der Waals surface area contributed by atoms with Crippen LogP contribution in [0.5, 0.6) is 5.75 Å². The summed E-state index contributed by atoms with van der Waals surface area (Å²) in [7, 11) is -1.78. The SMILES string of the molecule is COC(=O)CN(c1ccc(Br)c(C)c1)S(=O)(=O)c1ccc(OC)c(F)c1. The molecule has 0 aliphatic heterocycles. The van der Waals surface area contributed by atoms with Crippen molar-refractivity contribution in [1.82, 2.24) is 0 Å². The van der Waals surface area contributed by atoms with Crippen molar-refractivity contribution < 1.29 is 27.1 Å². The fraction of sp³-hybridized carbons (Fsp3) is 0.235. The zero-order valence-electron chi connectivity index (χ0n) is 14.3. The van der Waals surface area contributed by atoms with Gasteiger partial charge in [-0.05, 0) is 48.9 Å². The van der Waals surface area contributed by atoms with E-state index in [1.165, 1.54) is 25.3 Å². The molecule has 0 aliphatic carbocycles. The van der Waals surface area contributed by atoms with Gasteiger partial charge in [-0.1, -0.05) is 15.9 Å². The number of hydrogen-bond donors (Lipinski definition) is 0.